The number of aryl methyl sites for hydroxylation is 4. The summed E-state index contributed by atoms with van der Waals surface area (Å²) in [4.78, 5) is 8.82. The van der Waals surface area contributed by atoms with Gasteiger partial charge in [0, 0.05) is 12.4 Å². The summed E-state index contributed by atoms with van der Waals surface area (Å²) in [7, 11) is -13.1. The molecule has 0 N–H and O–H groups in total. The minimum atomic E-state index is -6.72. The van der Waals surface area contributed by atoms with Crippen molar-refractivity contribution in [3.63, 3.8) is 0 Å². The molecule has 0 aliphatic rings. The summed E-state index contributed by atoms with van der Waals surface area (Å²) < 4.78 is 227. The van der Waals surface area contributed by atoms with Crippen LogP contribution < -0.4 is 9.13 Å². The van der Waals surface area contributed by atoms with Crippen molar-refractivity contribution in [2.75, 3.05) is 0 Å². The van der Waals surface area contributed by atoms with E-state index in [0.717, 1.165) is 32.7 Å². The third-order valence-corrected chi connectivity index (χ3v) is 12.5. The van der Waals surface area contributed by atoms with Crippen LogP contribution in [0.2, 0.25) is 0 Å². The first-order valence-electron chi connectivity index (χ1n) is 17.0. The molecule has 0 aliphatic carbocycles. The molecule has 35 heteroatoms. The Kier molecular flexibility index (Phi) is 24.6. The zero-order valence-electron chi connectivity index (χ0n) is 33.3. The van der Waals surface area contributed by atoms with Gasteiger partial charge in [-0.05, 0) is 37.1 Å². The second-order valence-corrected chi connectivity index (χ2v) is 21.1. The van der Waals surface area contributed by atoms with Gasteiger partial charge in [-0.25, -0.2) is 61.9 Å². The molecule has 4 heterocycles. The number of hydrogen-bond donors (Lipinski definition) is 0. The number of sulfonamides is 4. The Morgan fingerprint density at radius 2 is 0.815 bits per heavy atom. The normalized spacial score (nSPS) is 12.6. The van der Waals surface area contributed by atoms with E-state index in [1.165, 1.54) is 37.3 Å². The van der Waals surface area contributed by atoms with E-state index in [1.54, 1.807) is 0 Å². The van der Waals surface area contributed by atoms with Gasteiger partial charge in [-0.15, -0.1) is 0 Å². The Bertz CT molecular complexity index is 2260. The van der Waals surface area contributed by atoms with Crippen LogP contribution in [0.3, 0.4) is 0 Å². The molecule has 4 aromatic rings. The van der Waals surface area contributed by atoms with Crippen molar-refractivity contribution in [2.45, 2.75) is 74.7 Å². The Balaban J connectivity index is 0.000000823. The molecule has 0 fully saturated rings. The summed E-state index contributed by atoms with van der Waals surface area (Å²) in [5, 5.41) is 0. The van der Waals surface area contributed by atoms with Crippen LogP contribution in [0.1, 0.15) is 39.5 Å². The fraction of sp³-hybridized carbons (Fsp3) is 0.467. The van der Waals surface area contributed by atoms with Crippen molar-refractivity contribution < 1.29 is 111 Å². The molecule has 4 aromatic heterocycles. The predicted molar refractivity (Wildman–Crippen MR) is 206 cm³/mol. The van der Waals surface area contributed by atoms with E-state index in [1.807, 2.05) is 36.7 Å². The number of hydrogen-bond acceptors (Lipinski definition) is 10. The fourth-order valence-corrected chi connectivity index (χ4v) is 7.56. The Morgan fingerprint density at radius 3 is 1.02 bits per heavy atom. The third-order valence-electron chi connectivity index (χ3n) is 7.01. The SMILES string of the molecule is CCCCn1cc[n+](C)c1-c1ccccn1.CCCCn1cc[n+](C)c1-c1ccccn1.O=S(=O)([N-]S(=O)(=O)C(F)(F)F)C(F)(F)F.O=S(=O)([N-]S(=O)(=O)C(F)(F)F)C(F)(F)F.[Cl][Pd][Cl]. The molecule has 65 heavy (non-hydrogen) atoms. The molecule has 0 unspecified atom stereocenters. The second-order valence-electron chi connectivity index (χ2n) is 11.9. The van der Waals surface area contributed by atoms with Crippen LogP contribution in [0.15, 0.2) is 73.6 Å². The van der Waals surface area contributed by atoms with Crippen molar-refractivity contribution in [1.82, 2.24) is 19.1 Å². The summed E-state index contributed by atoms with van der Waals surface area (Å²) in [6, 6.07) is 12.1. The van der Waals surface area contributed by atoms with Gasteiger partial charge in [-0.3, -0.25) is 0 Å². The van der Waals surface area contributed by atoms with Crippen LogP contribution in [0.4, 0.5) is 52.7 Å². The van der Waals surface area contributed by atoms with Gasteiger partial charge in [0.2, 0.25) is 0 Å². The fourth-order valence-electron chi connectivity index (χ4n) is 4.14. The second kappa shape index (κ2) is 25.8. The maximum absolute atomic E-state index is 11.4. The van der Waals surface area contributed by atoms with Crippen LogP contribution in [0.25, 0.3) is 31.3 Å². The minimum absolute atomic E-state index is 0.106. The van der Waals surface area contributed by atoms with E-state index in [4.69, 9.17) is 19.1 Å². The molecule has 0 aromatic carbocycles. The molecule has 0 saturated carbocycles. The number of pyridine rings is 2. The first-order chi connectivity index (χ1) is 29.5. The summed E-state index contributed by atoms with van der Waals surface area (Å²) in [5.41, 5.74) is -22.7. The molecular weight excluding hydrogens is 1130 g/mol. The van der Waals surface area contributed by atoms with E-state index in [-0.39, 0.29) is 15.9 Å². The number of aromatic nitrogens is 6. The van der Waals surface area contributed by atoms with Crippen molar-refractivity contribution >= 4 is 59.2 Å². The van der Waals surface area contributed by atoms with E-state index in [2.05, 4.69) is 93.1 Å². The standard InChI is InChI=1S/2C13H18N3.2C2F6NO4S2.2ClH.Pd/c2*1-3-4-9-16-11-10-15(2)13(16)12-7-5-6-8-14-12;2*3-1(4,5)14(10,11)9-15(12,13)2(6,7)8;;;/h2*5-8,10-11H,3-4,9H2,1-2H3;;;2*1H;/q2*+1;2*-1;;;+2/p-2. The molecule has 4 rings (SSSR count). The van der Waals surface area contributed by atoms with Gasteiger partial charge in [0.25, 0.3) is 0 Å². The van der Waals surface area contributed by atoms with Gasteiger partial charge in [0.15, 0.2) is 51.5 Å². The van der Waals surface area contributed by atoms with E-state index < -0.39 is 62.1 Å². The molecule has 0 atom stereocenters. The monoisotopic (exact) mass is 1170 g/mol. The molecule has 16 nitrogen and oxygen atoms in total. The molecule has 0 amide bonds. The molecule has 0 spiro atoms. The number of imidazole rings is 2. The average Bonchev–Trinajstić information content (AvgIpc) is 3.73. The first-order valence-corrected chi connectivity index (χ1v) is 26.7. The zero-order chi connectivity index (χ0) is 50.9. The summed E-state index contributed by atoms with van der Waals surface area (Å²) in [6.45, 7) is 6.54. The molecule has 0 saturated heterocycles. The van der Waals surface area contributed by atoms with E-state index >= 15 is 0 Å². The third kappa shape index (κ3) is 19.9. The summed E-state index contributed by atoms with van der Waals surface area (Å²) in [5.74, 6) is 2.35. The van der Waals surface area contributed by atoms with Crippen LogP contribution in [-0.4, -0.2) is 74.8 Å². The quantitative estimate of drug-likeness (QED) is 0.0763. The van der Waals surface area contributed by atoms with Crippen LogP contribution in [0, 0.1) is 0 Å². The Labute approximate surface area is 381 Å². The van der Waals surface area contributed by atoms with Crippen LogP contribution in [0.5, 0.6) is 0 Å². The first kappa shape index (κ1) is 61.8. The number of alkyl halides is 12. The number of unbranched alkanes of at least 4 members (excludes halogenated alkanes) is 2. The van der Waals surface area contributed by atoms with Crippen molar-refractivity contribution in [1.29, 1.82) is 0 Å². The zero-order valence-corrected chi connectivity index (χ0v) is 39.6. The van der Waals surface area contributed by atoms with Crippen molar-refractivity contribution in [3.05, 3.63) is 81.8 Å². The Morgan fingerprint density at radius 1 is 0.554 bits per heavy atom. The van der Waals surface area contributed by atoms with Gasteiger partial charge in [0.05, 0.1) is 27.2 Å². The van der Waals surface area contributed by atoms with Gasteiger partial charge >= 0.3 is 68.7 Å². The summed E-state index contributed by atoms with van der Waals surface area (Å²) in [6.07, 6.45) is 16.9. The molecular formula is C30H36Cl2F12N8O8PdS4. The predicted octanol–water partition coefficient (Wildman–Crippen LogP) is 7.84. The van der Waals surface area contributed by atoms with Crippen LogP contribution in [-0.2, 0) is 83.2 Å². The molecule has 0 radical (unpaired) electrons. The topological polar surface area (TPSA) is 208 Å². The molecule has 376 valence electrons. The van der Waals surface area contributed by atoms with Gasteiger partial charge in [0.1, 0.15) is 24.8 Å². The molecule has 0 bridgehead atoms. The van der Waals surface area contributed by atoms with E-state index in [0.29, 0.717) is 0 Å². The summed E-state index contributed by atoms with van der Waals surface area (Å²) >= 11 is -0.106. The maximum atomic E-state index is 11.4. The number of rotatable bonds is 12. The van der Waals surface area contributed by atoms with Gasteiger partial charge < -0.3 is 8.25 Å². The Hall–Kier alpha value is -3.16. The van der Waals surface area contributed by atoms with Crippen molar-refractivity contribution in [2.24, 2.45) is 14.1 Å². The number of nitrogens with zero attached hydrogens (tertiary/aromatic N) is 8. The van der Waals surface area contributed by atoms with E-state index in [9.17, 15) is 86.4 Å². The number of halogens is 14. The van der Waals surface area contributed by atoms with Crippen LogP contribution >= 0.6 is 19.1 Å². The van der Waals surface area contributed by atoms with Crippen molar-refractivity contribution in [3.8, 4) is 23.0 Å². The van der Waals surface area contributed by atoms with Gasteiger partial charge in [-0.1, -0.05) is 38.8 Å². The van der Waals surface area contributed by atoms with Gasteiger partial charge in [-0.2, -0.15) is 52.7 Å². The molecule has 0 aliphatic heterocycles. The average molecular weight is 1170 g/mol.